The van der Waals surface area contributed by atoms with Crippen LogP contribution in [0.3, 0.4) is 0 Å². The van der Waals surface area contributed by atoms with Gasteiger partial charge in [0, 0.05) is 0 Å². The van der Waals surface area contributed by atoms with E-state index in [0.717, 1.165) is 5.92 Å². The standard InChI is InChI=1S/C40H82/c1-4-6-8-10-12-14-15-16-17-18-19-20-21-22-23-24-25-26-27-28-29-30-31-33-35-37-39-40(3)38-36-34-32-13-11-9-7-5-2/h40H,4-39H2,1-3H3. The van der Waals surface area contributed by atoms with E-state index >= 15 is 0 Å². The van der Waals surface area contributed by atoms with E-state index in [4.69, 9.17) is 0 Å². The molecule has 0 amide bonds. The normalized spacial score (nSPS) is 12.4. The summed E-state index contributed by atoms with van der Waals surface area (Å²) in [5, 5.41) is 0. The van der Waals surface area contributed by atoms with Crippen molar-refractivity contribution in [2.75, 3.05) is 0 Å². The molecule has 0 rings (SSSR count). The molecule has 0 bridgehead atoms. The number of unbranched alkanes of at least 4 members (excludes halogenated alkanes) is 32. The first-order valence-electron chi connectivity index (χ1n) is 19.8. The minimum Gasteiger partial charge on any atom is -0.0654 e. The van der Waals surface area contributed by atoms with E-state index in [1.165, 1.54) is 231 Å². The highest BCUT2D eigenvalue weighted by Gasteiger charge is 2.02. The van der Waals surface area contributed by atoms with Gasteiger partial charge in [-0.05, 0) is 5.92 Å². The third-order valence-corrected chi connectivity index (χ3v) is 9.60. The summed E-state index contributed by atoms with van der Waals surface area (Å²) in [7, 11) is 0. The summed E-state index contributed by atoms with van der Waals surface area (Å²) in [5.74, 6) is 0.967. The highest BCUT2D eigenvalue weighted by molar-refractivity contribution is 4.57. The zero-order valence-corrected chi connectivity index (χ0v) is 29.0. The molecule has 0 aliphatic heterocycles. The molecule has 0 aromatic heterocycles. The van der Waals surface area contributed by atoms with Gasteiger partial charge in [0.2, 0.25) is 0 Å². The summed E-state index contributed by atoms with van der Waals surface area (Å²) in [4.78, 5) is 0. The maximum Gasteiger partial charge on any atom is -0.0443 e. The molecule has 40 heavy (non-hydrogen) atoms. The van der Waals surface area contributed by atoms with E-state index in [-0.39, 0.29) is 0 Å². The Kier molecular flexibility index (Phi) is 37.0. The molecule has 0 aliphatic rings. The van der Waals surface area contributed by atoms with Gasteiger partial charge >= 0.3 is 0 Å². The summed E-state index contributed by atoms with van der Waals surface area (Å²) in [6, 6.07) is 0. The summed E-state index contributed by atoms with van der Waals surface area (Å²) >= 11 is 0. The molecule has 0 saturated carbocycles. The Morgan fingerprint density at radius 3 is 0.550 bits per heavy atom. The molecule has 0 N–H and O–H groups in total. The van der Waals surface area contributed by atoms with Crippen LogP contribution in [0.2, 0.25) is 0 Å². The fourth-order valence-corrected chi connectivity index (χ4v) is 6.58. The molecule has 0 fully saturated rings. The highest BCUT2D eigenvalue weighted by atomic mass is 14.1. The average molecular weight is 563 g/mol. The smallest absolute Gasteiger partial charge is 0.0443 e. The van der Waals surface area contributed by atoms with Crippen LogP contribution in [0.25, 0.3) is 0 Å². The van der Waals surface area contributed by atoms with Crippen LogP contribution in [0, 0.1) is 5.92 Å². The lowest BCUT2D eigenvalue weighted by atomic mass is 9.95. The summed E-state index contributed by atoms with van der Waals surface area (Å²) in [5.41, 5.74) is 0. The lowest BCUT2D eigenvalue weighted by molar-refractivity contribution is 0.430. The maximum atomic E-state index is 2.50. The molecule has 0 radical (unpaired) electrons. The molecule has 0 saturated heterocycles. The Bertz CT molecular complexity index is 412. The highest BCUT2D eigenvalue weighted by Crippen LogP contribution is 2.20. The predicted octanol–water partition coefficient (Wildman–Crippen LogP) is 15.7. The van der Waals surface area contributed by atoms with Crippen LogP contribution in [0.5, 0.6) is 0 Å². The van der Waals surface area contributed by atoms with Crippen molar-refractivity contribution in [2.45, 2.75) is 252 Å². The largest absolute Gasteiger partial charge is 0.0654 e. The van der Waals surface area contributed by atoms with Gasteiger partial charge in [0.15, 0.2) is 0 Å². The molecule has 242 valence electrons. The molecule has 1 atom stereocenters. The van der Waals surface area contributed by atoms with Gasteiger partial charge in [0.05, 0.1) is 0 Å². The van der Waals surface area contributed by atoms with Gasteiger partial charge in [-0.3, -0.25) is 0 Å². The minimum absolute atomic E-state index is 0.967. The zero-order valence-electron chi connectivity index (χ0n) is 29.0. The van der Waals surface area contributed by atoms with Crippen LogP contribution in [-0.2, 0) is 0 Å². The number of hydrogen-bond donors (Lipinski definition) is 0. The van der Waals surface area contributed by atoms with E-state index in [1.54, 1.807) is 0 Å². The quantitative estimate of drug-likeness (QED) is 0.0666. The molecule has 0 aromatic rings. The van der Waals surface area contributed by atoms with E-state index in [9.17, 15) is 0 Å². The Labute approximate surface area is 257 Å². The molecular weight excluding hydrogens is 480 g/mol. The first kappa shape index (κ1) is 40.0. The fourth-order valence-electron chi connectivity index (χ4n) is 6.58. The Hall–Kier alpha value is 0. The molecule has 0 nitrogen and oxygen atoms in total. The van der Waals surface area contributed by atoms with Crippen molar-refractivity contribution in [3.63, 3.8) is 0 Å². The van der Waals surface area contributed by atoms with Crippen LogP contribution < -0.4 is 0 Å². The van der Waals surface area contributed by atoms with Gasteiger partial charge in [-0.2, -0.15) is 0 Å². The summed E-state index contributed by atoms with van der Waals surface area (Å²) in [6.07, 6.45) is 53.2. The number of rotatable bonds is 36. The summed E-state index contributed by atoms with van der Waals surface area (Å²) < 4.78 is 0. The Balaban J connectivity index is 3.10. The average Bonchev–Trinajstić information content (AvgIpc) is 2.96. The van der Waals surface area contributed by atoms with E-state index in [0.29, 0.717) is 0 Å². The van der Waals surface area contributed by atoms with E-state index in [1.807, 2.05) is 0 Å². The Morgan fingerprint density at radius 2 is 0.375 bits per heavy atom. The van der Waals surface area contributed by atoms with Gasteiger partial charge in [-0.25, -0.2) is 0 Å². The second-order valence-corrected chi connectivity index (χ2v) is 14.0. The fraction of sp³-hybridized carbons (Fsp3) is 1.00. The van der Waals surface area contributed by atoms with Crippen molar-refractivity contribution in [1.29, 1.82) is 0 Å². The third-order valence-electron chi connectivity index (χ3n) is 9.60. The van der Waals surface area contributed by atoms with Gasteiger partial charge in [-0.1, -0.05) is 252 Å². The molecular formula is C40H82. The van der Waals surface area contributed by atoms with Crippen molar-refractivity contribution >= 4 is 0 Å². The van der Waals surface area contributed by atoms with Crippen LogP contribution in [0.4, 0.5) is 0 Å². The van der Waals surface area contributed by atoms with E-state index < -0.39 is 0 Å². The number of hydrogen-bond acceptors (Lipinski definition) is 0. The SMILES string of the molecule is CCCCCCCCCCCCCCCCCCCCCCCCCCCCC(C)CCCCCCCCCC. The minimum atomic E-state index is 0.967. The zero-order chi connectivity index (χ0) is 29.0. The third kappa shape index (κ3) is 36.0. The first-order chi connectivity index (χ1) is 19.8. The lowest BCUT2D eigenvalue weighted by Gasteiger charge is -2.11. The van der Waals surface area contributed by atoms with Gasteiger partial charge in [-0.15, -0.1) is 0 Å². The molecule has 0 spiro atoms. The molecule has 0 heteroatoms. The summed E-state index contributed by atoms with van der Waals surface area (Å²) in [6.45, 7) is 7.12. The first-order valence-corrected chi connectivity index (χ1v) is 19.8. The monoisotopic (exact) mass is 563 g/mol. The second kappa shape index (κ2) is 37.0. The lowest BCUT2D eigenvalue weighted by Crippen LogP contribution is -1.95. The van der Waals surface area contributed by atoms with Crippen molar-refractivity contribution in [2.24, 2.45) is 5.92 Å². The van der Waals surface area contributed by atoms with Gasteiger partial charge < -0.3 is 0 Å². The van der Waals surface area contributed by atoms with Crippen LogP contribution in [-0.4, -0.2) is 0 Å². The molecule has 0 aromatic carbocycles. The molecule has 1 unspecified atom stereocenters. The topological polar surface area (TPSA) is 0 Å². The molecule has 0 heterocycles. The van der Waals surface area contributed by atoms with E-state index in [2.05, 4.69) is 20.8 Å². The second-order valence-electron chi connectivity index (χ2n) is 14.0. The van der Waals surface area contributed by atoms with Crippen LogP contribution >= 0.6 is 0 Å². The Morgan fingerprint density at radius 1 is 0.225 bits per heavy atom. The van der Waals surface area contributed by atoms with Crippen LogP contribution in [0.15, 0.2) is 0 Å². The van der Waals surface area contributed by atoms with Crippen molar-refractivity contribution in [3.8, 4) is 0 Å². The van der Waals surface area contributed by atoms with Crippen molar-refractivity contribution in [3.05, 3.63) is 0 Å². The van der Waals surface area contributed by atoms with Crippen molar-refractivity contribution in [1.82, 2.24) is 0 Å². The van der Waals surface area contributed by atoms with Gasteiger partial charge in [0.1, 0.15) is 0 Å². The van der Waals surface area contributed by atoms with Gasteiger partial charge in [0.25, 0.3) is 0 Å². The van der Waals surface area contributed by atoms with Crippen molar-refractivity contribution < 1.29 is 0 Å². The predicted molar refractivity (Wildman–Crippen MR) is 187 cm³/mol. The van der Waals surface area contributed by atoms with Crippen LogP contribution in [0.1, 0.15) is 252 Å². The maximum absolute atomic E-state index is 2.50. The molecule has 0 aliphatic carbocycles.